The smallest absolute Gasteiger partial charge is 0.303 e. The molecule has 0 aliphatic carbocycles. The minimum Gasteiger partial charge on any atom is -0.459 e. The lowest BCUT2D eigenvalue weighted by Gasteiger charge is -2.48. The van der Waals surface area contributed by atoms with Gasteiger partial charge in [-0.25, -0.2) is 0 Å². The van der Waals surface area contributed by atoms with Crippen molar-refractivity contribution in [2.75, 3.05) is 13.7 Å². The molecule has 0 bridgehead atoms. The summed E-state index contributed by atoms with van der Waals surface area (Å²) >= 11 is 0. The number of amides is 1. The monoisotopic (exact) mass is 635 g/mol. The zero-order valence-corrected chi connectivity index (χ0v) is 30.0. The van der Waals surface area contributed by atoms with Crippen molar-refractivity contribution in [3.05, 3.63) is 36.0 Å². The van der Waals surface area contributed by atoms with Crippen LogP contribution in [0, 0.1) is 5.92 Å². The van der Waals surface area contributed by atoms with Crippen LogP contribution in [-0.4, -0.2) is 81.9 Å². The third-order valence-electron chi connectivity index (χ3n) is 9.63. The zero-order chi connectivity index (χ0) is 33.1. The summed E-state index contributed by atoms with van der Waals surface area (Å²) in [5.74, 6) is -1.10. The SMILES string of the molecule is CO[C@]1(C)C[C@@]2(CO2)[C@H](O[Si](C)(C)C(C)(C)C)[C@@H](/C=C/C(C)=C/C[C@@H]2O[C@H](C)[C@H](NC(=O)/C=C\[C@H](C)OC(C)=O)C[C@@H]2C)O1. The van der Waals surface area contributed by atoms with Gasteiger partial charge in [-0.05, 0) is 70.7 Å². The Bertz CT molecular complexity index is 1110. The van der Waals surface area contributed by atoms with Crippen LogP contribution >= 0.6 is 0 Å². The molecule has 0 aromatic heterocycles. The van der Waals surface area contributed by atoms with Crippen LogP contribution in [-0.2, 0) is 37.7 Å². The molecule has 0 unspecified atom stereocenters. The molecule has 0 saturated carbocycles. The van der Waals surface area contributed by atoms with E-state index in [-0.39, 0.29) is 53.3 Å². The van der Waals surface area contributed by atoms with Crippen LogP contribution < -0.4 is 5.32 Å². The first-order chi connectivity index (χ1) is 20.3. The fourth-order valence-electron chi connectivity index (χ4n) is 5.71. The molecule has 9 nitrogen and oxygen atoms in total. The third kappa shape index (κ3) is 9.59. The number of carbonyl (C=O) groups excluding carboxylic acids is 2. The second-order valence-corrected chi connectivity index (χ2v) is 19.4. The van der Waals surface area contributed by atoms with Gasteiger partial charge in [0.1, 0.15) is 23.9 Å². The van der Waals surface area contributed by atoms with E-state index >= 15 is 0 Å². The minimum absolute atomic E-state index is 0.0431. The molecule has 1 spiro atoms. The molecule has 3 aliphatic rings. The lowest BCUT2D eigenvalue weighted by Crippen LogP contribution is -2.60. The van der Waals surface area contributed by atoms with Gasteiger partial charge in [0.05, 0.1) is 24.9 Å². The Morgan fingerprint density at radius 3 is 2.39 bits per heavy atom. The van der Waals surface area contributed by atoms with E-state index in [4.69, 9.17) is 28.1 Å². The summed E-state index contributed by atoms with van der Waals surface area (Å²) in [4.78, 5) is 23.5. The molecule has 3 aliphatic heterocycles. The molecule has 0 radical (unpaired) electrons. The molecule has 9 atom stereocenters. The van der Waals surface area contributed by atoms with Crippen LogP contribution in [0.1, 0.15) is 81.6 Å². The minimum atomic E-state index is -2.09. The molecule has 10 heteroatoms. The van der Waals surface area contributed by atoms with Crippen LogP contribution in [0.5, 0.6) is 0 Å². The van der Waals surface area contributed by atoms with Crippen molar-refractivity contribution in [3.8, 4) is 0 Å². The lowest BCUT2D eigenvalue weighted by atomic mass is 9.87. The molecule has 3 heterocycles. The Balaban J connectivity index is 1.63. The summed E-state index contributed by atoms with van der Waals surface area (Å²) < 4.78 is 36.8. The Morgan fingerprint density at radius 1 is 1.16 bits per heavy atom. The van der Waals surface area contributed by atoms with E-state index in [1.807, 2.05) is 13.8 Å². The maximum atomic E-state index is 12.5. The summed E-state index contributed by atoms with van der Waals surface area (Å²) in [6.45, 7) is 23.2. The van der Waals surface area contributed by atoms with Gasteiger partial charge in [-0.1, -0.05) is 51.5 Å². The molecule has 0 aromatic carbocycles. The van der Waals surface area contributed by atoms with Crippen LogP contribution in [0.2, 0.25) is 18.1 Å². The zero-order valence-electron chi connectivity index (χ0n) is 29.0. The number of hydrogen-bond donors (Lipinski definition) is 1. The van der Waals surface area contributed by atoms with Crippen molar-refractivity contribution in [3.63, 3.8) is 0 Å². The topological polar surface area (TPSA) is 105 Å². The number of methoxy groups -OCH3 is 1. The summed E-state index contributed by atoms with van der Waals surface area (Å²) in [7, 11) is -0.411. The Morgan fingerprint density at radius 2 is 1.82 bits per heavy atom. The van der Waals surface area contributed by atoms with Crippen LogP contribution in [0.25, 0.3) is 0 Å². The molecular formula is C34H57NO8Si. The molecular weight excluding hydrogens is 578 g/mol. The van der Waals surface area contributed by atoms with Gasteiger partial charge in [-0.3, -0.25) is 9.59 Å². The van der Waals surface area contributed by atoms with Gasteiger partial charge < -0.3 is 33.4 Å². The fourth-order valence-corrected chi connectivity index (χ4v) is 7.04. The second-order valence-electron chi connectivity index (χ2n) is 14.7. The number of nitrogens with one attached hydrogen (secondary N) is 1. The van der Waals surface area contributed by atoms with Crippen LogP contribution in [0.15, 0.2) is 36.0 Å². The number of esters is 1. The van der Waals surface area contributed by atoms with E-state index < -0.39 is 25.8 Å². The highest BCUT2D eigenvalue weighted by Gasteiger charge is 2.64. The van der Waals surface area contributed by atoms with Crippen molar-refractivity contribution in [1.82, 2.24) is 5.32 Å². The van der Waals surface area contributed by atoms with Gasteiger partial charge in [0, 0.05) is 26.5 Å². The number of epoxide rings is 1. The summed E-state index contributed by atoms with van der Waals surface area (Å²) in [5, 5.41) is 3.10. The summed E-state index contributed by atoms with van der Waals surface area (Å²) in [6.07, 6.45) is 10.5. The van der Waals surface area contributed by atoms with E-state index in [1.165, 1.54) is 13.0 Å². The first kappa shape index (κ1) is 36.6. The molecule has 3 rings (SSSR count). The third-order valence-corrected chi connectivity index (χ3v) is 14.1. The van der Waals surface area contributed by atoms with Crippen LogP contribution in [0.3, 0.4) is 0 Å². The summed E-state index contributed by atoms with van der Waals surface area (Å²) in [5.41, 5.74) is 0.718. The van der Waals surface area contributed by atoms with E-state index in [9.17, 15) is 9.59 Å². The highest BCUT2D eigenvalue weighted by molar-refractivity contribution is 6.74. The molecule has 250 valence electrons. The Kier molecular flexibility index (Phi) is 11.9. The van der Waals surface area contributed by atoms with Gasteiger partial charge >= 0.3 is 5.97 Å². The molecule has 0 aromatic rings. The largest absolute Gasteiger partial charge is 0.459 e. The summed E-state index contributed by atoms with van der Waals surface area (Å²) in [6, 6.07) is -0.0965. The average molecular weight is 636 g/mol. The standard InChI is InChI=1S/C34H57NO8Si/c1-22(13-16-28-23(2)19-27(25(4)41-28)35-30(37)18-15-24(3)40-26(5)36)14-17-29-31(43-44(11,12)32(6,7)8)34(21-39-34)20-33(9,38-10)42-29/h13-15,17-18,23-25,27-29,31H,16,19-21H2,1-12H3,(H,35,37)/b17-14+,18-15-,22-13+/t23-,24-,25+,27+,28-,29+,31+,33-,34+/m0/s1. The van der Waals surface area contributed by atoms with Crippen molar-refractivity contribution in [2.24, 2.45) is 5.92 Å². The fraction of sp³-hybridized carbons (Fsp3) is 0.765. The van der Waals surface area contributed by atoms with E-state index in [0.717, 1.165) is 18.4 Å². The number of ether oxygens (including phenoxy) is 5. The van der Waals surface area contributed by atoms with Gasteiger partial charge in [0.2, 0.25) is 5.91 Å². The Hall–Kier alpha value is -1.82. The molecule has 1 amide bonds. The van der Waals surface area contributed by atoms with Crippen molar-refractivity contribution in [2.45, 2.75) is 148 Å². The molecule has 3 saturated heterocycles. The van der Waals surface area contributed by atoms with Crippen molar-refractivity contribution < 1.29 is 37.7 Å². The maximum absolute atomic E-state index is 12.5. The van der Waals surface area contributed by atoms with E-state index in [0.29, 0.717) is 13.0 Å². The van der Waals surface area contributed by atoms with E-state index in [1.54, 1.807) is 20.1 Å². The van der Waals surface area contributed by atoms with Gasteiger partial charge in [0.15, 0.2) is 14.1 Å². The normalized spacial score (nSPS) is 35.7. The number of hydrogen-bond acceptors (Lipinski definition) is 8. The quantitative estimate of drug-likeness (QED) is 0.0970. The number of rotatable bonds is 11. The molecule has 3 fully saturated rings. The van der Waals surface area contributed by atoms with Gasteiger partial charge in [-0.2, -0.15) is 0 Å². The molecule has 44 heavy (non-hydrogen) atoms. The highest BCUT2D eigenvalue weighted by Crippen LogP contribution is 2.50. The first-order valence-electron chi connectivity index (χ1n) is 16.0. The van der Waals surface area contributed by atoms with Crippen LogP contribution in [0.4, 0.5) is 0 Å². The number of allylic oxidation sites excluding steroid dienone is 2. The Labute approximate surface area is 266 Å². The predicted octanol–water partition coefficient (Wildman–Crippen LogP) is 6.00. The first-order valence-corrected chi connectivity index (χ1v) is 18.9. The molecule has 1 N–H and O–H groups in total. The van der Waals surface area contributed by atoms with Crippen molar-refractivity contribution in [1.29, 1.82) is 0 Å². The lowest BCUT2D eigenvalue weighted by molar-refractivity contribution is -0.282. The average Bonchev–Trinajstić information content (AvgIpc) is 3.67. The maximum Gasteiger partial charge on any atom is 0.303 e. The van der Waals surface area contributed by atoms with Gasteiger partial charge in [-0.15, -0.1) is 0 Å². The van der Waals surface area contributed by atoms with E-state index in [2.05, 4.69) is 71.3 Å². The number of carbonyl (C=O) groups is 2. The van der Waals surface area contributed by atoms with Gasteiger partial charge in [0.25, 0.3) is 0 Å². The predicted molar refractivity (Wildman–Crippen MR) is 174 cm³/mol. The van der Waals surface area contributed by atoms with Crippen molar-refractivity contribution >= 4 is 20.2 Å². The second kappa shape index (κ2) is 14.3. The highest BCUT2D eigenvalue weighted by atomic mass is 28.4.